The van der Waals surface area contributed by atoms with E-state index in [2.05, 4.69) is 10.3 Å². The molecule has 0 spiro atoms. The predicted molar refractivity (Wildman–Crippen MR) is 80.5 cm³/mol. The number of hydrogen-bond acceptors (Lipinski definition) is 5. The summed E-state index contributed by atoms with van der Waals surface area (Å²) in [4.78, 5) is 15.8. The number of aliphatic hydroxyl groups is 1. The maximum Gasteiger partial charge on any atom is 0.252 e. The Kier molecular flexibility index (Phi) is 4.97. The predicted octanol–water partition coefficient (Wildman–Crippen LogP) is 1.03. The number of nitrogens with two attached hydrogens (primary N) is 1. The highest BCUT2D eigenvalue weighted by Crippen LogP contribution is 2.24. The van der Waals surface area contributed by atoms with Gasteiger partial charge in [-0.1, -0.05) is 0 Å². The Morgan fingerprint density at radius 3 is 2.95 bits per heavy atom. The molecule has 4 N–H and O–H groups in total. The van der Waals surface area contributed by atoms with E-state index < -0.39 is 17.7 Å². The van der Waals surface area contributed by atoms with Gasteiger partial charge in [0.1, 0.15) is 6.17 Å². The van der Waals surface area contributed by atoms with Gasteiger partial charge in [-0.2, -0.15) is 0 Å². The quantitative estimate of drug-likeness (QED) is 0.729. The zero-order valence-electron chi connectivity index (χ0n) is 12.8. The van der Waals surface area contributed by atoms with Crippen molar-refractivity contribution in [3.8, 4) is 0 Å². The number of hydrogen-bond donors (Lipinski definition) is 3. The van der Waals surface area contributed by atoms with Gasteiger partial charge < -0.3 is 20.9 Å². The van der Waals surface area contributed by atoms with Crippen LogP contribution in [0, 0.1) is 0 Å². The van der Waals surface area contributed by atoms with Crippen molar-refractivity contribution in [1.29, 1.82) is 0 Å². The van der Waals surface area contributed by atoms with E-state index >= 15 is 0 Å². The smallest absolute Gasteiger partial charge is 0.252 e. The summed E-state index contributed by atoms with van der Waals surface area (Å²) >= 11 is 0. The molecule has 2 heterocycles. The van der Waals surface area contributed by atoms with Crippen molar-refractivity contribution < 1.29 is 19.0 Å². The van der Waals surface area contributed by atoms with Crippen LogP contribution in [0.4, 0.5) is 10.1 Å². The highest BCUT2D eigenvalue weighted by Gasteiger charge is 2.29. The number of pyridine rings is 1. The minimum absolute atomic E-state index is 0.0869. The molecule has 2 rings (SSSR count). The normalized spacial score (nSPS) is 19.9. The average molecular weight is 311 g/mol. The number of alkyl halides is 1. The molecule has 0 bridgehead atoms. The van der Waals surface area contributed by atoms with E-state index in [4.69, 9.17) is 10.5 Å². The van der Waals surface area contributed by atoms with Crippen LogP contribution >= 0.6 is 0 Å². The Bertz CT molecular complexity index is 539. The van der Waals surface area contributed by atoms with E-state index in [-0.39, 0.29) is 23.7 Å². The fraction of sp³-hybridized carbons (Fsp3) is 0.600. The zero-order chi connectivity index (χ0) is 16.3. The molecule has 122 valence electrons. The summed E-state index contributed by atoms with van der Waals surface area (Å²) in [6.45, 7) is 3.96. The summed E-state index contributed by atoms with van der Waals surface area (Å²) in [5.74, 6) is -0.674. The molecule has 0 unspecified atom stereocenters. The molecule has 0 aliphatic carbocycles. The third-order valence-corrected chi connectivity index (χ3v) is 3.70. The number of nitrogens with one attached hydrogen (secondary N) is 1. The first-order valence-corrected chi connectivity index (χ1v) is 7.27. The first-order valence-electron chi connectivity index (χ1n) is 7.27. The van der Waals surface area contributed by atoms with Gasteiger partial charge in [0.2, 0.25) is 0 Å². The van der Waals surface area contributed by atoms with Crippen molar-refractivity contribution in [1.82, 2.24) is 4.98 Å². The van der Waals surface area contributed by atoms with Gasteiger partial charge in [-0.25, -0.2) is 4.39 Å². The topological polar surface area (TPSA) is 97.5 Å². The number of anilines is 1. The van der Waals surface area contributed by atoms with E-state index in [0.717, 1.165) is 6.42 Å². The van der Waals surface area contributed by atoms with Gasteiger partial charge in [0.05, 0.1) is 35.2 Å². The molecular formula is C15H22FN3O3. The number of amides is 1. The Morgan fingerprint density at radius 2 is 2.41 bits per heavy atom. The highest BCUT2D eigenvalue weighted by atomic mass is 19.1. The molecule has 1 amide bonds. The Balaban J connectivity index is 2.27. The molecular weight excluding hydrogens is 289 g/mol. The number of halogens is 1. The Morgan fingerprint density at radius 1 is 1.68 bits per heavy atom. The number of nitrogens with zero attached hydrogens (tertiary/aromatic N) is 1. The molecule has 6 nitrogen and oxygen atoms in total. The summed E-state index contributed by atoms with van der Waals surface area (Å²) in [5, 5.41) is 12.9. The molecule has 7 heteroatoms. The van der Waals surface area contributed by atoms with Gasteiger partial charge in [-0.3, -0.25) is 9.78 Å². The molecule has 22 heavy (non-hydrogen) atoms. The fourth-order valence-electron chi connectivity index (χ4n) is 2.34. The second-order valence-electron chi connectivity index (χ2n) is 6.07. The second kappa shape index (κ2) is 6.58. The van der Waals surface area contributed by atoms with Gasteiger partial charge in [0.25, 0.3) is 5.91 Å². The molecule has 1 aliphatic heterocycles. The lowest BCUT2D eigenvalue weighted by atomic mass is 9.96. The van der Waals surface area contributed by atoms with Crippen LogP contribution in [0.1, 0.15) is 36.3 Å². The van der Waals surface area contributed by atoms with Crippen molar-refractivity contribution in [3.05, 3.63) is 23.5 Å². The number of aromatic nitrogens is 1. The van der Waals surface area contributed by atoms with Crippen LogP contribution in [0.15, 0.2) is 12.3 Å². The maximum atomic E-state index is 14.1. The van der Waals surface area contributed by atoms with Gasteiger partial charge >= 0.3 is 0 Å². The van der Waals surface area contributed by atoms with Crippen molar-refractivity contribution in [2.24, 2.45) is 5.73 Å². The lowest BCUT2D eigenvalue weighted by Gasteiger charge is -2.23. The van der Waals surface area contributed by atoms with Crippen molar-refractivity contribution in [2.75, 3.05) is 18.5 Å². The van der Waals surface area contributed by atoms with E-state index in [1.807, 2.05) is 0 Å². The Labute approximate surface area is 128 Å². The molecule has 1 saturated heterocycles. The summed E-state index contributed by atoms with van der Waals surface area (Å²) in [5.41, 5.74) is 4.86. The van der Waals surface area contributed by atoms with E-state index in [0.29, 0.717) is 18.9 Å². The van der Waals surface area contributed by atoms with Gasteiger partial charge in [0, 0.05) is 19.2 Å². The molecule has 0 saturated carbocycles. The zero-order valence-corrected chi connectivity index (χ0v) is 12.8. The number of ether oxygens (including phenoxy) is 1. The van der Waals surface area contributed by atoms with Gasteiger partial charge in [-0.05, 0) is 26.3 Å². The molecule has 1 aromatic rings. The number of carbonyl (C=O) groups excluding carboxylic acids is 1. The van der Waals surface area contributed by atoms with Gasteiger partial charge in [0.15, 0.2) is 0 Å². The van der Waals surface area contributed by atoms with Gasteiger partial charge in [-0.15, -0.1) is 0 Å². The van der Waals surface area contributed by atoms with Crippen molar-refractivity contribution in [2.45, 2.75) is 44.5 Å². The summed E-state index contributed by atoms with van der Waals surface area (Å²) in [6.07, 6.45) is 0.587. The third kappa shape index (κ3) is 3.92. The van der Waals surface area contributed by atoms with Crippen LogP contribution < -0.4 is 11.1 Å². The van der Waals surface area contributed by atoms with Crippen LogP contribution in [0.2, 0.25) is 0 Å². The first-order chi connectivity index (χ1) is 10.3. The number of carbonyl (C=O) groups is 1. The monoisotopic (exact) mass is 311 g/mol. The number of primary amides is 1. The highest BCUT2D eigenvalue weighted by molar-refractivity contribution is 5.99. The molecule has 2 atom stereocenters. The Hall–Kier alpha value is -1.73. The fourth-order valence-corrected chi connectivity index (χ4v) is 2.34. The molecule has 0 aromatic carbocycles. The van der Waals surface area contributed by atoms with Crippen LogP contribution in [0.5, 0.6) is 0 Å². The molecule has 1 aliphatic rings. The summed E-state index contributed by atoms with van der Waals surface area (Å²) in [7, 11) is 0. The SMILES string of the molecule is CC(C)(O)[C@H](F)Cc1nccc(N[C@H]2CCOC2)c1C(N)=O. The molecule has 1 fully saturated rings. The first kappa shape index (κ1) is 16.6. The largest absolute Gasteiger partial charge is 0.387 e. The second-order valence-corrected chi connectivity index (χ2v) is 6.07. The van der Waals surface area contributed by atoms with E-state index in [9.17, 15) is 14.3 Å². The van der Waals surface area contributed by atoms with Crippen LogP contribution in [-0.4, -0.2) is 47.0 Å². The van der Waals surface area contributed by atoms with Crippen molar-refractivity contribution in [3.63, 3.8) is 0 Å². The van der Waals surface area contributed by atoms with Crippen LogP contribution in [0.3, 0.4) is 0 Å². The lowest BCUT2D eigenvalue weighted by Crippen LogP contribution is -2.35. The summed E-state index contributed by atoms with van der Waals surface area (Å²) < 4.78 is 19.4. The van der Waals surface area contributed by atoms with E-state index in [1.165, 1.54) is 20.0 Å². The summed E-state index contributed by atoms with van der Waals surface area (Å²) in [6, 6.07) is 1.72. The average Bonchev–Trinajstić information content (AvgIpc) is 2.90. The van der Waals surface area contributed by atoms with Crippen LogP contribution in [-0.2, 0) is 11.2 Å². The van der Waals surface area contributed by atoms with Crippen LogP contribution in [0.25, 0.3) is 0 Å². The third-order valence-electron chi connectivity index (χ3n) is 3.70. The minimum Gasteiger partial charge on any atom is -0.387 e. The van der Waals surface area contributed by atoms with E-state index in [1.54, 1.807) is 6.07 Å². The molecule has 1 aromatic heterocycles. The number of rotatable bonds is 6. The lowest BCUT2D eigenvalue weighted by molar-refractivity contribution is -0.00307. The maximum absolute atomic E-state index is 14.1. The van der Waals surface area contributed by atoms with Crippen molar-refractivity contribution >= 4 is 11.6 Å². The molecule has 0 radical (unpaired) electrons. The standard InChI is InChI=1S/C15H22FN3O3/c1-15(2,21)12(16)7-11-13(14(17)20)10(3-5-18-11)19-9-4-6-22-8-9/h3,5,9,12,21H,4,6-8H2,1-2H3,(H2,17,20)(H,18,19)/t9-,12+/m0/s1. The minimum atomic E-state index is -1.55.